The first-order valence-corrected chi connectivity index (χ1v) is 7.86. The van der Waals surface area contributed by atoms with Gasteiger partial charge in [-0.2, -0.15) is 0 Å². The Morgan fingerprint density at radius 3 is 2.57 bits per heavy atom. The van der Waals surface area contributed by atoms with Gasteiger partial charge in [-0.25, -0.2) is 0 Å². The SMILES string of the molecule is CCN(c1cc(C)ccc1[N+](=O)[O-])C1CC2CCC(C1)N2. The number of benzene rings is 1. The summed E-state index contributed by atoms with van der Waals surface area (Å²) in [6.45, 7) is 4.90. The molecule has 2 aliphatic heterocycles. The highest BCUT2D eigenvalue weighted by Crippen LogP contribution is 2.36. The molecule has 0 aromatic heterocycles. The van der Waals surface area contributed by atoms with E-state index in [1.165, 1.54) is 12.8 Å². The van der Waals surface area contributed by atoms with Crippen LogP contribution >= 0.6 is 0 Å². The standard InChI is InChI=1S/C16H23N3O2/c1-3-18(14-9-12-5-6-13(10-14)17-12)16-8-11(2)4-7-15(16)19(20)21/h4,7-8,12-14,17H,3,5-6,9-10H2,1-2H3. The minimum Gasteiger partial charge on any atom is -0.363 e. The Hall–Kier alpha value is -1.62. The van der Waals surface area contributed by atoms with E-state index < -0.39 is 0 Å². The van der Waals surface area contributed by atoms with Crippen LogP contribution in [0.25, 0.3) is 0 Å². The molecule has 2 fully saturated rings. The highest BCUT2D eigenvalue weighted by molar-refractivity contribution is 5.65. The first-order chi connectivity index (χ1) is 10.1. The third-order valence-electron chi connectivity index (χ3n) is 4.87. The number of nitrogens with one attached hydrogen (secondary N) is 1. The molecule has 0 radical (unpaired) electrons. The lowest BCUT2D eigenvalue weighted by molar-refractivity contribution is -0.384. The lowest BCUT2D eigenvalue weighted by Gasteiger charge is -2.38. The van der Waals surface area contributed by atoms with Crippen LogP contribution in [0, 0.1) is 17.0 Å². The van der Waals surface area contributed by atoms with E-state index in [4.69, 9.17) is 0 Å². The van der Waals surface area contributed by atoms with Crippen LogP contribution in [0.4, 0.5) is 11.4 Å². The van der Waals surface area contributed by atoms with Crippen molar-refractivity contribution in [3.8, 4) is 0 Å². The van der Waals surface area contributed by atoms with Gasteiger partial charge in [0.05, 0.1) is 4.92 Å². The highest BCUT2D eigenvalue weighted by atomic mass is 16.6. The molecule has 2 bridgehead atoms. The largest absolute Gasteiger partial charge is 0.363 e. The number of hydrogen-bond donors (Lipinski definition) is 1. The number of aryl methyl sites for hydroxylation is 1. The van der Waals surface area contributed by atoms with Crippen molar-refractivity contribution in [2.45, 2.75) is 57.7 Å². The predicted molar refractivity (Wildman–Crippen MR) is 83.8 cm³/mol. The summed E-state index contributed by atoms with van der Waals surface area (Å²) >= 11 is 0. The Morgan fingerprint density at radius 2 is 2.00 bits per heavy atom. The lowest BCUT2D eigenvalue weighted by Crippen LogP contribution is -2.48. The van der Waals surface area contributed by atoms with Crippen molar-refractivity contribution in [2.75, 3.05) is 11.4 Å². The maximum absolute atomic E-state index is 11.3. The van der Waals surface area contributed by atoms with E-state index in [-0.39, 0.29) is 10.6 Å². The van der Waals surface area contributed by atoms with Crippen LogP contribution in [0.2, 0.25) is 0 Å². The van der Waals surface area contributed by atoms with Crippen molar-refractivity contribution in [2.24, 2.45) is 0 Å². The molecule has 5 heteroatoms. The van der Waals surface area contributed by atoms with Gasteiger partial charge in [-0.3, -0.25) is 10.1 Å². The molecule has 5 nitrogen and oxygen atoms in total. The molecule has 3 rings (SSSR count). The van der Waals surface area contributed by atoms with Crippen LogP contribution in [0.5, 0.6) is 0 Å². The van der Waals surface area contributed by atoms with Crippen molar-refractivity contribution in [1.82, 2.24) is 5.32 Å². The van der Waals surface area contributed by atoms with Crippen LogP contribution < -0.4 is 10.2 Å². The molecule has 2 atom stereocenters. The molecule has 114 valence electrons. The first kappa shape index (κ1) is 14.3. The van der Waals surface area contributed by atoms with Crippen molar-refractivity contribution < 1.29 is 4.92 Å². The second-order valence-corrected chi connectivity index (χ2v) is 6.30. The molecule has 1 aromatic rings. The Labute approximate surface area is 125 Å². The highest BCUT2D eigenvalue weighted by Gasteiger charge is 2.37. The number of fused-ring (bicyclic) bond motifs is 2. The van der Waals surface area contributed by atoms with Gasteiger partial charge in [0.1, 0.15) is 5.69 Å². The Kier molecular flexibility index (Phi) is 3.85. The second-order valence-electron chi connectivity index (χ2n) is 6.30. The number of nitro groups is 1. The first-order valence-electron chi connectivity index (χ1n) is 7.86. The molecule has 0 aliphatic carbocycles. The summed E-state index contributed by atoms with van der Waals surface area (Å²) in [6.07, 6.45) is 4.67. The summed E-state index contributed by atoms with van der Waals surface area (Å²) in [6, 6.07) is 7.02. The van der Waals surface area contributed by atoms with E-state index in [0.717, 1.165) is 30.6 Å². The van der Waals surface area contributed by atoms with Gasteiger partial charge >= 0.3 is 0 Å². The van der Waals surface area contributed by atoms with E-state index in [9.17, 15) is 10.1 Å². The van der Waals surface area contributed by atoms with Gasteiger partial charge in [0.15, 0.2) is 0 Å². The van der Waals surface area contributed by atoms with E-state index in [0.29, 0.717) is 18.1 Å². The van der Waals surface area contributed by atoms with Gasteiger partial charge in [0.2, 0.25) is 0 Å². The molecule has 21 heavy (non-hydrogen) atoms. The monoisotopic (exact) mass is 289 g/mol. The van der Waals surface area contributed by atoms with Crippen molar-refractivity contribution in [3.05, 3.63) is 33.9 Å². The summed E-state index contributed by atoms with van der Waals surface area (Å²) in [4.78, 5) is 13.3. The molecular weight excluding hydrogens is 266 g/mol. The normalized spacial score (nSPS) is 27.6. The molecular formula is C16H23N3O2. The summed E-state index contributed by atoms with van der Waals surface area (Å²) < 4.78 is 0. The smallest absolute Gasteiger partial charge is 0.292 e. The molecule has 2 saturated heterocycles. The fraction of sp³-hybridized carbons (Fsp3) is 0.625. The maximum atomic E-state index is 11.3. The minimum atomic E-state index is -0.257. The van der Waals surface area contributed by atoms with Crippen LogP contribution in [0.3, 0.4) is 0 Å². The number of nitrogens with zero attached hydrogens (tertiary/aromatic N) is 2. The van der Waals surface area contributed by atoms with Gasteiger partial charge in [-0.1, -0.05) is 6.07 Å². The minimum absolute atomic E-state index is 0.230. The van der Waals surface area contributed by atoms with Gasteiger partial charge in [0, 0.05) is 30.7 Å². The van der Waals surface area contributed by atoms with Crippen molar-refractivity contribution >= 4 is 11.4 Å². The molecule has 2 unspecified atom stereocenters. The van der Waals surface area contributed by atoms with Crippen LogP contribution in [0.1, 0.15) is 38.2 Å². The maximum Gasteiger partial charge on any atom is 0.292 e. The Balaban J connectivity index is 1.92. The lowest BCUT2D eigenvalue weighted by atomic mass is 9.97. The zero-order valence-corrected chi connectivity index (χ0v) is 12.7. The number of anilines is 1. The average molecular weight is 289 g/mol. The quantitative estimate of drug-likeness (QED) is 0.684. The van der Waals surface area contributed by atoms with E-state index >= 15 is 0 Å². The summed E-state index contributed by atoms with van der Waals surface area (Å²) in [5, 5.41) is 15.0. The Morgan fingerprint density at radius 1 is 1.33 bits per heavy atom. The molecule has 1 aromatic carbocycles. The van der Waals surface area contributed by atoms with Crippen LogP contribution in [-0.4, -0.2) is 29.6 Å². The fourth-order valence-corrected chi connectivity index (χ4v) is 3.92. The number of nitro benzene ring substituents is 1. The molecule has 2 aliphatic rings. The third kappa shape index (κ3) is 2.75. The topological polar surface area (TPSA) is 58.4 Å². The van der Waals surface area contributed by atoms with E-state index in [2.05, 4.69) is 17.1 Å². The molecule has 0 spiro atoms. The summed E-state index contributed by atoms with van der Waals surface area (Å²) in [5.74, 6) is 0. The summed E-state index contributed by atoms with van der Waals surface area (Å²) in [7, 11) is 0. The molecule has 0 amide bonds. The Bertz CT molecular complexity index is 534. The number of piperidine rings is 1. The van der Waals surface area contributed by atoms with Crippen molar-refractivity contribution in [3.63, 3.8) is 0 Å². The molecule has 1 N–H and O–H groups in total. The van der Waals surface area contributed by atoms with Crippen molar-refractivity contribution in [1.29, 1.82) is 0 Å². The number of hydrogen-bond acceptors (Lipinski definition) is 4. The number of rotatable bonds is 4. The van der Waals surface area contributed by atoms with E-state index in [1.807, 2.05) is 19.1 Å². The summed E-state index contributed by atoms with van der Waals surface area (Å²) in [5.41, 5.74) is 2.09. The second kappa shape index (κ2) is 5.64. The average Bonchev–Trinajstić information content (AvgIpc) is 2.78. The van der Waals surface area contributed by atoms with Gasteiger partial charge in [-0.05, 0) is 51.2 Å². The van der Waals surface area contributed by atoms with Crippen LogP contribution in [-0.2, 0) is 0 Å². The fourth-order valence-electron chi connectivity index (χ4n) is 3.92. The third-order valence-corrected chi connectivity index (χ3v) is 4.87. The van der Waals surface area contributed by atoms with Gasteiger partial charge < -0.3 is 10.2 Å². The van der Waals surface area contributed by atoms with Gasteiger partial charge in [-0.15, -0.1) is 0 Å². The molecule has 2 heterocycles. The van der Waals surface area contributed by atoms with Gasteiger partial charge in [0.25, 0.3) is 5.69 Å². The van der Waals surface area contributed by atoms with Crippen LogP contribution in [0.15, 0.2) is 18.2 Å². The predicted octanol–water partition coefficient (Wildman–Crippen LogP) is 3.01. The molecule has 0 saturated carbocycles. The van der Waals surface area contributed by atoms with E-state index in [1.54, 1.807) is 6.07 Å². The zero-order valence-electron chi connectivity index (χ0n) is 12.7. The zero-order chi connectivity index (χ0) is 15.0.